The second-order valence-corrected chi connectivity index (χ2v) is 6.41. The van der Waals surface area contributed by atoms with E-state index >= 15 is 0 Å². The molecule has 0 aromatic heterocycles. The van der Waals surface area contributed by atoms with Crippen LogP contribution in [-0.2, 0) is 9.59 Å². The number of anilines is 1. The Morgan fingerprint density at radius 3 is 2.15 bits per heavy atom. The van der Waals surface area contributed by atoms with Gasteiger partial charge in [-0.15, -0.1) is 0 Å². The van der Waals surface area contributed by atoms with Crippen LogP contribution in [0, 0.1) is 0 Å². The minimum absolute atomic E-state index is 0.247. The van der Waals surface area contributed by atoms with Crippen LogP contribution in [0.15, 0.2) is 54.2 Å². The van der Waals surface area contributed by atoms with Gasteiger partial charge in [0.1, 0.15) is 17.2 Å². The summed E-state index contributed by atoms with van der Waals surface area (Å²) in [6.07, 6.45) is 0. The summed E-state index contributed by atoms with van der Waals surface area (Å²) < 4.78 is 10.4. The summed E-state index contributed by atoms with van der Waals surface area (Å²) in [6.45, 7) is 3.63. The standard InChI is InChI=1S/C21H22N2O4/c1-13(2)23-20(24)18(14-8-10-16(26-3)11-9-14)19(21(23)25)22-15-6-5-7-17(12-15)27-4/h5-13,22H,1-4H3. The van der Waals surface area contributed by atoms with Crippen LogP contribution in [0.25, 0.3) is 5.57 Å². The zero-order valence-electron chi connectivity index (χ0n) is 15.8. The minimum atomic E-state index is -0.344. The average molecular weight is 366 g/mol. The molecule has 2 aromatic carbocycles. The molecular formula is C21H22N2O4. The third-order valence-corrected chi connectivity index (χ3v) is 4.35. The second-order valence-electron chi connectivity index (χ2n) is 6.41. The van der Waals surface area contributed by atoms with Gasteiger partial charge in [-0.3, -0.25) is 14.5 Å². The van der Waals surface area contributed by atoms with Crippen molar-refractivity contribution in [2.45, 2.75) is 19.9 Å². The fourth-order valence-electron chi connectivity index (χ4n) is 3.00. The van der Waals surface area contributed by atoms with E-state index in [1.807, 2.05) is 32.0 Å². The van der Waals surface area contributed by atoms with Crippen molar-refractivity contribution in [1.82, 2.24) is 4.90 Å². The summed E-state index contributed by atoms with van der Waals surface area (Å²) in [5.74, 6) is 0.678. The normalized spacial score (nSPS) is 14.2. The van der Waals surface area contributed by atoms with Crippen molar-refractivity contribution >= 4 is 23.1 Å². The molecule has 0 atom stereocenters. The first-order chi connectivity index (χ1) is 13.0. The summed E-state index contributed by atoms with van der Waals surface area (Å²) in [5.41, 5.74) is 1.93. The Hall–Kier alpha value is -3.28. The molecular weight excluding hydrogens is 344 g/mol. The number of nitrogens with zero attached hydrogens (tertiary/aromatic N) is 1. The number of nitrogens with one attached hydrogen (secondary N) is 1. The van der Waals surface area contributed by atoms with E-state index in [4.69, 9.17) is 9.47 Å². The zero-order chi connectivity index (χ0) is 19.6. The Labute approximate surface area is 158 Å². The summed E-state index contributed by atoms with van der Waals surface area (Å²) in [7, 11) is 3.15. The Morgan fingerprint density at radius 2 is 1.56 bits per heavy atom. The molecule has 1 heterocycles. The lowest BCUT2D eigenvalue weighted by Crippen LogP contribution is -2.38. The molecule has 1 aliphatic rings. The van der Waals surface area contributed by atoms with Gasteiger partial charge in [-0.25, -0.2) is 0 Å². The lowest BCUT2D eigenvalue weighted by Gasteiger charge is -2.19. The molecule has 0 bridgehead atoms. The maximum absolute atomic E-state index is 13.0. The zero-order valence-corrected chi connectivity index (χ0v) is 15.8. The Kier molecular flexibility index (Phi) is 5.16. The van der Waals surface area contributed by atoms with Crippen LogP contribution < -0.4 is 14.8 Å². The van der Waals surface area contributed by atoms with Crippen molar-refractivity contribution in [2.75, 3.05) is 19.5 Å². The first kappa shape index (κ1) is 18.5. The number of imide groups is 1. The molecule has 0 fully saturated rings. The van der Waals surface area contributed by atoms with Gasteiger partial charge < -0.3 is 14.8 Å². The maximum atomic E-state index is 13.0. The summed E-state index contributed by atoms with van der Waals surface area (Å²) in [6, 6.07) is 14.0. The number of hydrogen-bond acceptors (Lipinski definition) is 5. The van der Waals surface area contributed by atoms with Crippen molar-refractivity contribution in [3.8, 4) is 11.5 Å². The van der Waals surface area contributed by atoms with Gasteiger partial charge in [0, 0.05) is 17.8 Å². The van der Waals surface area contributed by atoms with E-state index in [1.165, 1.54) is 4.90 Å². The van der Waals surface area contributed by atoms with Gasteiger partial charge in [-0.1, -0.05) is 18.2 Å². The number of carbonyl (C=O) groups is 2. The van der Waals surface area contributed by atoms with Gasteiger partial charge in [0.2, 0.25) is 0 Å². The molecule has 2 amide bonds. The quantitative estimate of drug-likeness (QED) is 0.795. The lowest BCUT2D eigenvalue weighted by atomic mass is 10.0. The van der Waals surface area contributed by atoms with Crippen LogP contribution >= 0.6 is 0 Å². The fraction of sp³-hybridized carbons (Fsp3) is 0.238. The molecule has 6 nitrogen and oxygen atoms in total. The molecule has 140 valence electrons. The maximum Gasteiger partial charge on any atom is 0.278 e. The minimum Gasteiger partial charge on any atom is -0.497 e. The number of methoxy groups -OCH3 is 2. The highest BCUT2D eigenvalue weighted by Crippen LogP contribution is 2.33. The van der Waals surface area contributed by atoms with E-state index in [2.05, 4.69) is 5.32 Å². The van der Waals surface area contributed by atoms with Crippen molar-refractivity contribution < 1.29 is 19.1 Å². The predicted octanol–water partition coefficient (Wildman–Crippen LogP) is 3.30. The smallest absolute Gasteiger partial charge is 0.278 e. The van der Waals surface area contributed by atoms with Crippen LogP contribution in [0.3, 0.4) is 0 Å². The van der Waals surface area contributed by atoms with E-state index in [0.717, 1.165) is 0 Å². The van der Waals surface area contributed by atoms with Crippen LogP contribution in [-0.4, -0.2) is 37.0 Å². The third-order valence-electron chi connectivity index (χ3n) is 4.35. The van der Waals surface area contributed by atoms with Gasteiger partial charge in [0.15, 0.2) is 0 Å². The van der Waals surface area contributed by atoms with Gasteiger partial charge in [-0.05, 0) is 43.7 Å². The molecule has 0 saturated heterocycles. The topological polar surface area (TPSA) is 67.9 Å². The predicted molar refractivity (Wildman–Crippen MR) is 104 cm³/mol. The summed E-state index contributed by atoms with van der Waals surface area (Å²) in [5, 5.41) is 3.11. The van der Waals surface area contributed by atoms with Crippen molar-refractivity contribution in [3.05, 3.63) is 59.8 Å². The van der Waals surface area contributed by atoms with Crippen LogP contribution in [0.5, 0.6) is 11.5 Å². The van der Waals surface area contributed by atoms with E-state index in [1.54, 1.807) is 44.6 Å². The molecule has 0 saturated carbocycles. The second kappa shape index (κ2) is 7.53. The number of ether oxygens (including phenoxy) is 2. The first-order valence-electron chi connectivity index (χ1n) is 8.64. The third kappa shape index (κ3) is 3.51. The van der Waals surface area contributed by atoms with Crippen LogP contribution in [0.4, 0.5) is 5.69 Å². The molecule has 1 aliphatic heterocycles. The van der Waals surface area contributed by atoms with Crippen molar-refractivity contribution in [1.29, 1.82) is 0 Å². The Balaban J connectivity index is 2.07. The van der Waals surface area contributed by atoms with Crippen molar-refractivity contribution in [3.63, 3.8) is 0 Å². The molecule has 6 heteroatoms. The SMILES string of the molecule is COc1ccc(C2=C(Nc3cccc(OC)c3)C(=O)N(C(C)C)C2=O)cc1. The van der Waals surface area contributed by atoms with Crippen LogP contribution in [0.2, 0.25) is 0 Å². The highest BCUT2D eigenvalue weighted by molar-refractivity contribution is 6.36. The molecule has 0 unspecified atom stereocenters. The molecule has 1 N–H and O–H groups in total. The average Bonchev–Trinajstić information content (AvgIpc) is 2.92. The molecule has 0 spiro atoms. The highest BCUT2D eigenvalue weighted by Gasteiger charge is 2.40. The largest absolute Gasteiger partial charge is 0.497 e. The molecule has 3 rings (SSSR count). The van der Waals surface area contributed by atoms with Gasteiger partial charge >= 0.3 is 0 Å². The molecule has 2 aromatic rings. The monoisotopic (exact) mass is 366 g/mol. The van der Waals surface area contributed by atoms with E-state index < -0.39 is 0 Å². The van der Waals surface area contributed by atoms with Gasteiger partial charge in [0.25, 0.3) is 11.8 Å². The highest BCUT2D eigenvalue weighted by atomic mass is 16.5. The Morgan fingerprint density at radius 1 is 0.889 bits per heavy atom. The first-order valence-corrected chi connectivity index (χ1v) is 8.64. The summed E-state index contributed by atoms with van der Waals surface area (Å²) in [4.78, 5) is 27.2. The molecule has 0 aliphatic carbocycles. The Bertz CT molecular complexity index is 901. The number of rotatable bonds is 6. The fourth-order valence-corrected chi connectivity index (χ4v) is 3.00. The number of hydrogen-bond donors (Lipinski definition) is 1. The van der Waals surface area contributed by atoms with E-state index in [0.29, 0.717) is 28.3 Å². The van der Waals surface area contributed by atoms with Crippen molar-refractivity contribution in [2.24, 2.45) is 0 Å². The van der Waals surface area contributed by atoms with E-state index in [9.17, 15) is 9.59 Å². The lowest BCUT2D eigenvalue weighted by molar-refractivity contribution is -0.138. The molecule has 0 radical (unpaired) electrons. The van der Waals surface area contributed by atoms with Gasteiger partial charge in [-0.2, -0.15) is 0 Å². The summed E-state index contributed by atoms with van der Waals surface area (Å²) >= 11 is 0. The molecule has 27 heavy (non-hydrogen) atoms. The number of amides is 2. The van der Waals surface area contributed by atoms with Gasteiger partial charge in [0.05, 0.1) is 19.8 Å². The number of carbonyl (C=O) groups excluding carboxylic acids is 2. The van der Waals surface area contributed by atoms with Crippen LogP contribution in [0.1, 0.15) is 19.4 Å². The number of benzene rings is 2. The van der Waals surface area contributed by atoms with E-state index in [-0.39, 0.29) is 23.6 Å².